The lowest BCUT2D eigenvalue weighted by molar-refractivity contribution is 0.413. The van der Waals surface area contributed by atoms with Gasteiger partial charge in [0.15, 0.2) is 0 Å². The third-order valence-electron chi connectivity index (χ3n) is 2.46. The van der Waals surface area contributed by atoms with Crippen LogP contribution in [-0.4, -0.2) is 12.1 Å². The van der Waals surface area contributed by atoms with E-state index in [1.807, 2.05) is 26.0 Å². The van der Waals surface area contributed by atoms with Crippen LogP contribution in [0.5, 0.6) is 5.75 Å². The molecular formula is C12H13ClN2OS. The van der Waals surface area contributed by atoms with Crippen LogP contribution in [0.2, 0.25) is 5.02 Å². The van der Waals surface area contributed by atoms with E-state index in [1.54, 1.807) is 7.11 Å². The summed E-state index contributed by atoms with van der Waals surface area (Å²) in [5.41, 5.74) is 8.52. The van der Waals surface area contributed by atoms with E-state index in [1.165, 1.54) is 11.3 Å². The summed E-state index contributed by atoms with van der Waals surface area (Å²) in [5.74, 6) is 0.770. The molecule has 90 valence electrons. The van der Waals surface area contributed by atoms with E-state index in [0.29, 0.717) is 10.0 Å². The zero-order chi connectivity index (χ0) is 12.6. The number of methoxy groups -OCH3 is 1. The van der Waals surface area contributed by atoms with Crippen LogP contribution >= 0.6 is 22.9 Å². The second kappa shape index (κ2) is 4.55. The fraction of sp³-hybridized carbons (Fsp3) is 0.250. The first-order chi connectivity index (χ1) is 8.02. The number of benzene rings is 1. The number of aromatic nitrogens is 1. The van der Waals surface area contributed by atoms with Crippen molar-refractivity contribution in [2.45, 2.75) is 13.8 Å². The summed E-state index contributed by atoms with van der Waals surface area (Å²) < 4.78 is 5.40. The minimum absolute atomic E-state index is 0.656. The monoisotopic (exact) mass is 268 g/mol. The van der Waals surface area contributed by atoms with Crippen molar-refractivity contribution in [3.05, 3.63) is 27.7 Å². The van der Waals surface area contributed by atoms with Crippen molar-refractivity contribution in [2.24, 2.45) is 0 Å². The van der Waals surface area contributed by atoms with Crippen molar-refractivity contribution >= 4 is 27.9 Å². The molecule has 0 unspecified atom stereocenters. The molecule has 17 heavy (non-hydrogen) atoms. The maximum atomic E-state index is 6.07. The van der Waals surface area contributed by atoms with Crippen LogP contribution in [0.1, 0.15) is 10.6 Å². The molecular weight excluding hydrogens is 256 g/mol. The molecule has 0 fully saturated rings. The minimum atomic E-state index is 0.656. The molecule has 3 nitrogen and oxygen atoms in total. The number of nitrogens with zero attached hydrogens (tertiary/aromatic N) is 1. The van der Waals surface area contributed by atoms with Crippen LogP contribution in [0.15, 0.2) is 12.1 Å². The van der Waals surface area contributed by atoms with Gasteiger partial charge >= 0.3 is 0 Å². The summed E-state index contributed by atoms with van der Waals surface area (Å²) in [6.07, 6.45) is 0. The number of halogens is 1. The Morgan fingerprint density at radius 1 is 1.35 bits per heavy atom. The molecule has 2 aromatic rings. The molecule has 1 aromatic heterocycles. The molecule has 0 saturated heterocycles. The number of hydrogen-bond acceptors (Lipinski definition) is 4. The molecule has 0 saturated carbocycles. The van der Waals surface area contributed by atoms with Crippen molar-refractivity contribution in [1.29, 1.82) is 0 Å². The smallest absolute Gasteiger partial charge is 0.131 e. The minimum Gasteiger partial charge on any atom is -0.496 e. The van der Waals surface area contributed by atoms with Gasteiger partial charge < -0.3 is 10.5 Å². The van der Waals surface area contributed by atoms with E-state index in [0.717, 1.165) is 27.6 Å². The lowest BCUT2D eigenvalue weighted by Gasteiger charge is -2.11. The van der Waals surface area contributed by atoms with Gasteiger partial charge in [-0.05, 0) is 31.5 Å². The van der Waals surface area contributed by atoms with E-state index < -0.39 is 0 Å². The third kappa shape index (κ3) is 2.23. The normalized spacial score (nSPS) is 10.6. The maximum Gasteiger partial charge on any atom is 0.131 e. The van der Waals surface area contributed by atoms with Gasteiger partial charge in [-0.2, -0.15) is 0 Å². The van der Waals surface area contributed by atoms with Crippen molar-refractivity contribution in [3.8, 4) is 17.0 Å². The van der Waals surface area contributed by atoms with Gasteiger partial charge in [0.2, 0.25) is 0 Å². The standard InChI is InChI=1S/C12H13ClN2OS/c1-6-4-8(13)5-9(11(6)16-3)10-12(14)17-7(2)15-10/h4-5H,14H2,1-3H3. The summed E-state index contributed by atoms with van der Waals surface area (Å²) in [6, 6.07) is 3.69. The Morgan fingerprint density at radius 3 is 2.59 bits per heavy atom. The van der Waals surface area contributed by atoms with Crippen LogP contribution in [-0.2, 0) is 0 Å². The van der Waals surface area contributed by atoms with Crippen LogP contribution < -0.4 is 10.5 Å². The summed E-state index contributed by atoms with van der Waals surface area (Å²) in [7, 11) is 1.63. The molecule has 5 heteroatoms. The maximum absolute atomic E-state index is 6.07. The van der Waals surface area contributed by atoms with Gasteiger partial charge in [0.05, 0.1) is 12.1 Å². The largest absolute Gasteiger partial charge is 0.496 e. The molecule has 1 heterocycles. The lowest BCUT2D eigenvalue weighted by atomic mass is 10.1. The van der Waals surface area contributed by atoms with Gasteiger partial charge in [-0.3, -0.25) is 0 Å². The first kappa shape index (κ1) is 12.2. The van der Waals surface area contributed by atoms with Crippen molar-refractivity contribution in [2.75, 3.05) is 12.8 Å². The second-order valence-electron chi connectivity index (χ2n) is 3.75. The molecule has 2 N–H and O–H groups in total. The number of nitrogen functional groups attached to an aromatic ring is 1. The average molecular weight is 269 g/mol. The van der Waals surface area contributed by atoms with E-state index in [-0.39, 0.29) is 0 Å². The molecule has 0 spiro atoms. The Balaban J connectivity index is 2.69. The zero-order valence-electron chi connectivity index (χ0n) is 9.87. The molecule has 0 aliphatic heterocycles. The van der Waals surface area contributed by atoms with Crippen molar-refractivity contribution in [1.82, 2.24) is 4.98 Å². The zero-order valence-corrected chi connectivity index (χ0v) is 11.4. The number of anilines is 1. The van der Waals surface area contributed by atoms with Crippen LogP contribution in [0.4, 0.5) is 5.00 Å². The van der Waals surface area contributed by atoms with Crippen molar-refractivity contribution < 1.29 is 4.74 Å². The molecule has 1 aromatic carbocycles. The predicted molar refractivity (Wildman–Crippen MR) is 73.0 cm³/mol. The van der Waals surface area contributed by atoms with Gasteiger partial charge in [-0.1, -0.05) is 11.6 Å². The molecule has 0 aliphatic rings. The fourth-order valence-corrected chi connectivity index (χ4v) is 2.79. The van der Waals surface area contributed by atoms with Gasteiger partial charge in [-0.25, -0.2) is 4.98 Å². The number of hydrogen-bond donors (Lipinski definition) is 1. The van der Waals surface area contributed by atoms with Crippen LogP contribution in [0.3, 0.4) is 0 Å². The highest BCUT2D eigenvalue weighted by Gasteiger charge is 2.16. The number of thiazole rings is 1. The summed E-state index contributed by atoms with van der Waals surface area (Å²) in [5, 5.41) is 2.27. The Kier molecular flexibility index (Phi) is 3.26. The molecule has 0 atom stereocenters. The predicted octanol–water partition coefficient (Wildman–Crippen LogP) is 3.67. The molecule has 0 bridgehead atoms. The molecule has 0 radical (unpaired) electrons. The fourth-order valence-electron chi connectivity index (χ4n) is 1.81. The SMILES string of the molecule is COc1c(C)cc(Cl)cc1-c1nc(C)sc1N. The molecule has 0 amide bonds. The molecule has 0 aliphatic carbocycles. The topological polar surface area (TPSA) is 48.1 Å². The van der Waals surface area contributed by atoms with E-state index >= 15 is 0 Å². The van der Waals surface area contributed by atoms with Crippen LogP contribution in [0.25, 0.3) is 11.3 Å². The van der Waals surface area contributed by atoms with Gasteiger partial charge in [-0.15, -0.1) is 11.3 Å². The third-order valence-corrected chi connectivity index (χ3v) is 3.48. The number of rotatable bonds is 2. The molecule has 2 rings (SSSR count). The van der Waals surface area contributed by atoms with Gasteiger partial charge in [0.25, 0.3) is 0 Å². The van der Waals surface area contributed by atoms with E-state index in [4.69, 9.17) is 22.1 Å². The highest BCUT2D eigenvalue weighted by atomic mass is 35.5. The first-order valence-electron chi connectivity index (χ1n) is 5.10. The first-order valence-corrected chi connectivity index (χ1v) is 6.29. The summed E-state index contributed by atoms with van der Waals surface area (Å²) in [6.45, 7) is 3.87. The number of nitrogens with two attached hydrogens (primary N) is 1. The highest BCUT2D eigenvalue weighted by Crippen LogP contribution is 2.39. The van der Waals surface area contributed by atoms with Gasteiger partial charge in [0, 0.05) is 10.6 Å². The Morgan fingerprint density at radius 2 is 2.06 bits per heavy atom. The Hall–Kier alpha value is -1.26. The van der Waals surface area contributed by atoms with E-state index in [9.17, 15) is 0 Å². The van der Waals surface area contributed by atoms with Crippen LogP contribution in [0, 0.1) is 13.8 Å². The summed E-state index contributed by atoms with van der Waals surface area (Å²) >= 11 is 7.53. The quantitative estimate of drug-likeness (QED) is 0.904. The average Bonchev–Trinajstić information content (AvgIpc) is 2.56. The second-order valence-corrected chi connectivity index (χ2v) is 5.42. The van der Waals surface area contributed by atoms with Gasteiger partial charge in [0.1, 0.15) is 16.4 Å². The van der Waals surface area contributed by atoms with E-state index in [2.05, 4.69) is 4.98 Å². The number of aryl methyl sites for hydroxylation is 2. The van der Waals surface area contributed by atoms with Crippen molar-refractivity contribution in [3.63, 3.8) is 0 Å². The lowest BCUT2D eigenvalue weighted by Crippen LogP contribution is -1.94. The number of ether oxygens (including phenoxy) is 1. The Labute approximate surface area is 109 Å². The highest BCUT2D eigenvalue weighted by molar-refractivity contribution is 7.16. The summed E-state index contributed by atoms with van der Waals surface area (Å²) in [4.78, 5) is 4.43. The Bertz CT molecular complexity index is 566.